The van der Waals surface area contributed by atoms with Crippen LogP contribution in [0.25, 0.3) is 27.8 Å². The molecule has 0 N–H and O–H groups in total. The molecular weight excluding hydrogens is 425 g/mol. The third-order valence-corrected chi connectivity index (χ3v) is 6.72. The number of pyridine rings is 1. The van der Waals surface area contributed by atoms with Crippen LogP contribution < -0.4 is 0 Å². The van der Waals surface area contributed by atoms with E-state index in [-0.39, 0.29) is 12.5 Å². The third kappa shape index (κ3) is 3.67. The van der Waals surface area contributed by atoms with Crippen LogP contribution in [-0.4, -0.2) is 29.1 Å². The van der Waals surface area contributed by atoms with Crippen LogP contribution in [0, 0.1) is 20.8 Å². The van der Waals surface area contributed by atoms with Crippen molar-refractivity contribution in [3.8, 4) is 0 Å². The molecule has 6 heteroatoms. The van der Waals surface area contributed by atoms with Crippen LogP contribution in [0.3, 0.4) is 0 Å². The van der Waals surface area contributed by atoms with Gasteiger partial charge in [0.25, 0.3) is 0 Å². The summed E-state index contributed by atoms with van der Waals surface area (Å²) in [5, 5.41) is 2.00. The maximum absolute atomic E-state index is 12.8. The Hall–Kier alpha value is -3.28. The second kappa shape index (κ2) is 7.65. The lowest BCUT2D eigenvalue weighted by atomic mass is 9.85. The van der Waals surface area contributed by atoms with Crippen LogP contribution in [0.15, 0.2) is 64.1 Å². The first-order valence-electron chi connectivity index (χ1n) is 11.0. The van der Waals surface area contributed by atoms with Gasteiger partial charge in [-0.3, -0.25) is 0 Å². The third-order valence-electron chi connectivity index (χ3n) is 6.72. The van der Waals surface area contributed by atoms with Gasteiger partial charge in [-0.05, 0) is 73.7 Å². The molecule has 1 unspecified atom stereocenters. The molecule has 0 saturated heterocycles. The predicted octanol–water partition coefficient (Wildman–Crippen LogP) is 7.33. The highest BCUT2D eigenvalue weighted by atomic mass is 19.4. The van der Waals surface area contributed by atoms with Gasteiger partial charge in [-0.2, -0.15) is 13.2 Å². The molecule has 0 spiro atoms. The molecule has 5 rings (SSSR count). The quantitative estimate of drug-likeness (QED) is 0.418. The number of alkyl halides is 3. The summed E-state index contributed by atoms with van der Waals surface area (Å²) in [7, 11) is 1.99. The fraction of sp³-hybridized carbons (Fsp3) is 0.296. The molecule has 1 aromatic carbocycles. The number of furan rings is 1. The van der Waals surface area contributed by atoms with Crippen LogP contribution in [0.2, 0.25) is 0 Å². The van der Waals surface area contributed by atoms with Gasteiger partial charge < -0.3 is 9.32 Å². The molecule has 3 aromatic rings. The summed E-state index contributed by atoms with van der Waals surface area (Å²) in [5.74, 6) is 0. The molecule has 1 atom stereocenters. The standard InChI is InChI=1S/C27H25F3N2O/c1-15-14-21-20-9-8-16(2)31-26(20)33-25(21)24(17(15)3)23-11-10-19-18(12-13-27(28,29)30)6-5-7-22(19)32(23)4/h5-11,14,22H,12-13H2,1-4H3. The van der Waals surface area contributed by atoms with E-state index in [1.54, 1.807) is 6.08 Å². The summed E-state index contributed by atoms with van der Waals surface area (Å²) in [5.41, 5.74) is 8.17. The van der Waals surface area contributed by atoms with E-state index in [0.717, 1.165) is 55.6 Å². The lowest BCUT2D eigenvalue weighted by Crippen LogP contribution is -2.34. The maximum Gasteiger partial charge on any atom is 0.389 e. The molecule has 1 aliphatic heterocycles. The van der Waals surface area contributed by atoms with Gasteiger partial charge in [-0.15, -0.1) is 0 Å². The Bertz CT molecular complexity index is 1400. The molecule has 0 radical (unpaired) electrons. The Kier molecular flexibility index (Phi) is 5.00. The monoisotopic (exact) mass is 450 g/mol. The maximum atomic E-state index is 12.8. The molecule has 2 aromatic heterocycles. The zero-order valence-corrected chi connectivity index (χ0v) is 19.0. The molecule has 3 nitrogen and oxygen atoms in total. The average Bonchev–Trinajstić information content (AvgIpc) is 3.10. The predicted molar refractivity (Wildman–Crippen MR) is 126 cm³/mol. The van der Waals surface area contributed by atoms with Gasteiger partial charge in [0.1, 0.15) is 5.58 Å². The van der Waals surface area contributed by atoms with Crippen molar-refractivity contribution in [2.24, 2.45) is 0 Å². The summed E-state index contributed by atoms with van der Waals surface area (Å²) in [4.78, 5) is 6.70. The molecule has 0 bridgehead atoms. The SMILES string of the molecule is Cc1ccc2c(n1)oc1c(C3=CC=C4C(CCC(F)(F)F)=CC=CC4N3C)c(C)c(C)cc12. The number of allylic oxidation sites excluding steroid dienone is 4. The fourth-order valence-electron chi connectivity index (χ4n) is 4.83. The van der Waals surface area contributed by atoms with E-state index in [0.29, 0.717) is 5.71 Å². The number of aryl methyl sites for hydroxylation is 2. The molecule has 3 heterocycles. The first-order chi connectivity index (χ1) is 15.6. The Balaban J connectivity index is 1.65. The van der Waals surface area contributed by atoms with Gasteiger partial charge in [-0.1, -0.05) is 24.3 Å². The van der Waals surface area contributed by atoms with E-state index >= 15 is 0 Å². The molecule has 170 valence electrons. The number of benzene rings is 1. The first kappa shape index (κ1) is 21.6. The molecule has 33 heavy (non-hydrogen) atoms. The van der Waals surface area contributed by atoms with Gasteiger partial charge in [0.2, 0.25) is 5.71 Å². The van der Waals surface area contributed by atoms with Crippen LogP contribution in [0.5, 0.6) is 0 Å². The van der Waals surface area contributed by atoms with Crippen molar-refractivity contribution in [2.75, 3.05) is 7.05 Å². The number of halogens is 3. The van der Waals surface area contributed by atoms with Crippen molar-refractivity contribution in [1.82, 2.24) is 9.88 Å². The van der Waals surface area contributed by atoms with E-state index < -0.39 is 12.6 Å². The highest BCUT2D eigenvalue weighted by molar-refractivity contribution is 6.08. The summed E-state index contributed by atoms with van der Waals surface area (Å²) in [6.45, 7) is 6.10. The molecule has 0 amide bonds. The smallest absolute Gasteiger partial charge is 0.389 e. The van der Waals surface area contributed by atoms with Gasteiger partial charge in [0.05, 0.1) is 6.04 Å². The van der Waals surface area contributed by atoms with Crippen LogP contribution >= 0.6 is 0 Å². The fourth-order valence-corrected chi connectivity index (χ4v) is 4.83. The average molecular weight is 451 g/mol. The minimum atomic E-state index is -4.17. The minimum Gasteiger partial charge on any atom is -0.437 e. The zero-order chi connectivity index (χ0) is 23.5. The number of rotatable bonds is 3. The Morgan fingerprint density at radius 2 is 1.85 bits per heavy atom. The number of nitrogens with zero attached hydrogens (tertiary/aromatic N) is 2. The topological polar surface area (TPSA) is 29.3 Å². The highest BCUT2D eigenvalue weighted by Gasteiger charge is 2.32. The number of aromatic nitrogens is 1. The van der Waals surface area contributed by atoms with Gasteiger partial charge in [0, 0.05) is 41.2 Å². The van der Waals surface area contributed by atoms with E-state index in [1.165, 1.54) is 0 Å². The van der Waals surface area contributed by atoms with Crippen LogP contribution in [0.1, 0.15) is 35.2 Å². The lowest BCUT2D eigenvalue weighted by molar-refractivity contribution is -0.133. The zero-order valence-electron chi connectivity index (χ0n) is 19.0. The minimum absolute atomic E-state index is 0.0184. The van der Waals surface area contributed by atoms with Crippen LogP contribution in [0.4, 0.5) is 13.2 Å². The summed E-state index contributed by atoms with van der Waals surface area (Å²) < 4.78 is 44.8. The van der Waals surface area contributed by atoms with Gasteiger partial charge >= 0.3 is 6.18 Å². The Labute approximate surface area is 190 Å². The van der Waals surface area contributed by atoms with E-state index in [9.17, 15) is 13.2 Å². The van der Waals surface area contributed by atoms with Crippen molar-refractivity contribution in [1.29, 1.82) is 0 Å². The van der Waals surface area contributed by atoms with Crippen LogP contribution in [-0.2, 0) is 0 Å². The summed E-state index contributed by atoms with van der Waals surface area (Å²) >= 11 is 0. The number of hydrogen-bond acceptors (Lipinski definition) is 3. The summed E-state index contributed by atoms with van der Waals surface area (Å²) in [6, 6.07) is 6.04. The van der Waals surface area contributed by atoms with Crippen molar-refractivity contribution < 1.29 is 17.6 Å². The molecule has 0 saturated carbocycles. The lowest BCUT2D eigenvalue weighted by Gasteiger charge is -2.37. The Morgan fingerprint density at radius 3 is 2.61 bits per heavy atom. The van der Waals surface area contributed by atoms with E-state index in [1.807, 2.05) is 50.4 Å². The van der Waals surface area contributed by atoms with Crippen molar-refractivity contribution in [3.63, 3.8) is 0 Å². The highest BCUT2D eigenvalue weighted by Crippen LogP contribution is 2.42. The summed E-state index contributed by atoms with van der Waals surface area (Å²) in [6.07, 6.45) is 4.64. The largest absolute Gasteiger partial charge is 0.437 e. The number of fused-ring (bicyclic) bond motifs is 4. The molecular formula is C27H25F3N2O. The Morgan fingerprint density at radius 1 is 1.06 bits per heavy atom. The van der Waals surface area contributed by atoms with Gasteiger partial charge in [0.15, 0.2) is 0 Å². The second-order valence-electron chi connectivity index (χ2n) is 8.90. The van der Waals surface area contributed by atoms with Crippen molar-refractivity contribution >= 4 is 27.8 Å². The van der Waals surface area contributed by atoms with Crippen molar-refractivity contribution in [2.45, 2.75) is 45.8 Å². The van der Waals surface area contributed by atoms with E-state index in [2.05, 4.69) is 29.8 Å². The second-order valence-corrected chi connectivity index (χ2v) is 8.90. The number of hydrogen-bond donors (Lipinski definition) is 0. The van der Waals surface area contributed by atoms with Crippen molar-refractivity contribution in [3.05, 3.63) is 82.1 Å². The number of likely N-dealkylation sites (N-methyl/N-ethyl adjacent to an activating group) is 1. The van der Waals surface area contributed by atoms with E-state index in [4.69, 9.17) is 4.42 Å². The van der Waals surface area contributed by atoms with Gasteiger partial charge in [-0.25, -0.2) is 4.98 Å². The first-order valence-corrected chi connectivity index (χ1v) is 11.0. The normalized spacial score (nSPS) is 18.5. The molecule has 1 aliphatic carbocycles. The molecule has 2 aliphatic rings. The molecule has 0 fully saturated rings.